The number of pyridine rings is 1. The number of aromatic nitrogens is 4. The highest BCUT2D eigenvalue weighted by atomic mass is 32.2. The maximum atomic E-state index is 13.0. The number of carbonyl (C=O) groups is 1. The molecule has 0 saturated carbocycles. The minimum absolute atomic E-state index is 0.132. The number of thioether (sulfide) groups is 1. The van der Waals surface area contributed by atoms with Crippen LogP contribution in [0, 0.1) is 5.82 Å². The lowest BCUT2D eigenvalue weighted by Gasteiger charge is -2.13. The maximum absolute atomic E-state index is 13.0. The summed E-state index contributed by atoms with van der Waals surface area (Å²) in [6, 6.07) is 9.76. The summed E-state index contributed by atoms with van der Waals surface area (Å²) in [6.07, 6.45) is 5.15. The van der Waals surface area contributed by atoms with Gasteiger partial charge in [-0.05, 0) is 36.8 Å². The van der Waals surface area contributed by atoms with Crippen molar-refractivity contribution in [2.45, 2.75) is 30.4 Å². The summed E-state index contributed by atoms with van der Waals surface area (Å²) in [4.78, 5) is 16.5. The van der Waals surface area contributed by atoms with Crippen LogP contribution in [0.2, 0.25) is 0 Å². The van der Waals surface area contributed by atoms with E-state index in [1.807, 2.05) is 23.6 Å². The first-order valence-electron chi connectivity index (χ1n) is 8.71. The molecule has 3 aromatic rings. The fourth-order valence-corrected chi connectivity index (χ4v) is 3.41. The number of rotatable bonds is 8. The zero-order chi connectivity index (χ0) is 19.9. The smallest absolute Gasteiger partial charge is 0.233 e. The monoisotopic (exact) mass is 397 g/mol. The average molecular weight is 397 g/mol. The Morgan fingerprint density at radius 2 is 1.96 bits per heavy atom. The third-order valence-electron chi connectivity index (χ3n) is 4.00. The first-order valence-corrected chi connectivity index (χ1v) is 9.59. The number of amides is 1. The van der Waals surface area contributed by atoms with E-state index in [-0.39, 0.29) is 17.0 Å². The Morgan fingerprint density at radius 1 is 1.25 bits per heavy atom. The summed E-state index contributed by atoms with van der Waals surface area (Å²) in [7, 11) is 0. The van der Waals surface area contributed by atoms with Gasteiger partial charge in [0.2, 0.25) is 5.91 Å². The van der Waals surface area contributed by atoms with Crippen LogP contribution in [0.4, 0.5) is 4.39 Å². The Bertz CT molecular complexity index is 943. The van der Waals surface area contributed by atoms with Crippen LogP contribution in [0.15, 0.2) is 66.6 Å². The van der Waals surface area contributed by atoms with Crippen LogP contribution in [0.25, 0.3) is 11.4 Å². The molecule has 8 heteroatoms. The average Bonchev–Trinajstić information content (AvgIpc) is 3.10. The highest BCUT2D eigenvalue weighted by Crippen LogP contribution is 2.26. The van der Waals surface area contributed by atoms with E-state index in [0.717, 1.165) is 11.1 Å². The van der Waals surface area contributed by atoms with Crippen LogP contribution in [0.3, 0.4) is 0 Å². The van der Waals surface area contributed by atoms with Crippen LogP contribution in [0.5, 0.6) is 0 Å². The Labute approximate surface area is 166 Å². The van der Waals surface area contributed by atoms with Crippen molar-refractivity contribution in [1.82, 2.24) is 25.1 Å². The van der Waals surface area contributed by atoms with Crippen LogP contribution >= 0.6 is 11.8 Å². The topological polar surface area (TPSA) is 72.7 Å². The Morgan fingerprint density at radius 3 is 2.64 bits per heavy atom. The number of allylic oxidation sites excluding steroid dienone is 1. The van der Waals surface area contributed by atoms with Gasteiger partial charge in [0.15, 0.2) is 11.0 Å². The number of hydrogen-bond donors (Lipinski definition) is 1. The molecular formula is C20H20FN5OS. The summed E-state index contributed by atoms with van der Waals surface area (Å²) in [5, 5.41) is 11.6. The number of halogens is 1. The van der Waals surface area contributed by atoms with Gasteiger partial charge in [0.25, 0.3) is 0 Å². The number of benzene rings is 1. The first kappa shape index (κ1) is 19.8. The van der Waals surface area contributed by atoms with Crippen LogP contribution in [-0.2, 0) is 17.9 Å². The predicted octanol–water partition coefficient (Wildman–Crippen LogP) is 3.46. The molecule has 0 aliphatic rings. The summed E-state index contributed by atoms with van der Waals surface area (Å²) < 4.78 is 14.9. The third kappa shape index (κ3) is 4.83. The fraction of sp³-hybridized carbons (Fsp3) is 0.200. The van der Waals surface area contributed by atoms with Gasteiger partial charge < -0.3 is 5.32 Å². The van der Waals surface area contributed by atoms with Crippen molar-refractivity contribution in [3.63, 3.8) is 0 Å². The molecule has 2 heterocycles. The lowest BCUT2D eigenvalue weighted by atomic mass is 10.2. The molecule has 0 aliphatic heterocycles. The van der Waals surface area contributed by atoms with E-state index in [2.05, 4.69) is 27.1 Å². The molecule has 144 valence electrons. The second-order valence-corrected chi connectivity index (χ2v) is 7.35. The van der Waals surface area contributed by atoms with Crippen molar-refractivity contribution in [2.24, 2.45) is 0 Å². The van der Waals surface area contributed by atoms with Gasteiger partial charge in [-0.2, -0.15) is 0 Å². The van der Waals surface area contributed by atoms with E-state index in [1.165, 1.54) is 23.9 Å². The Balaban J connectivity index is 1.68. The third-order valence-corrected chi connectivity index (χ3v) is 5.08. The molecule has 0 aliphatic carbocycles. The molecule has 0 spiro atoms. The molecule has 2 aromatic heterocycles. The van der Waals surface area contributed by atoms with Crippen molar-refractivity contribution in [3.05, 3.63) is 72.8 Å². The fourth-order valence-electron chi connectivity index (χ4n) is 2.53. The second kappa shape index (κ2) is 9.27. The zero-order valence-electron chi connectivity index (χ0n) is 15.4. The highest BCUT2D eigenvalue weighted by molar-refractivity contribution is 8.00. The minimum atomic E-state index is -0.376. The number of hydrogen-bond acceptors (Lipinski definition) is 5. The SMILES string of the molecule is C=CCn1c(S[C@@H](C)C(=O)NCc2ccc(F)cc2)nnc1-c1ccncc1. The van der Waals surface area contributed by atoms with E-state index in [0.29, 0.717) is 24.1 Å². The first-order chi connectivity index (χ1) is 13.6. The van der Waals surface area contributed by atoms with Gasteiger partial charge >= 0.3 is 0 Å². The standard InChI is InChI=1S/C20H20FN5OS/c1-3-12-26-18(16-8-10-22-11-9-16)24-25-20(26)28-14(2)19(27)23-13-15-4-6-17(21)7-5-15/h3-11,14H,1,12-13H2,2H3,(H,23,27)/t14-/m0/s1. The van der Waals surface area contributed by atoms with Crippen molar-refractivity contribution < 1.29 is 9.18 Å². The zero-order valence-corrected chi connectivity index (χ0v) is 16.2. The minimum Gasteiger partial charge on any atom is -0.351 e. The summed E-state index contributed by atoms with van der Waals surface area (Å²) in [5.74, 6) is 0.266. The van der Waals surface area contributed by atoms with E-state index in [9.17, 15) is 9.18 Å². The highest BCUT2D eigenvalue weighted by Gasteiger charge is 2.20. The molecular weight excluding hydrogens is 377 g/mol. The van der Waals surface area contributed by atoms with Gasteiger partial charge in [-0.25, -0.2) is 4.39 Å². The van der Waals surface area contributed by atoms with Gasteiger partial charge in [0.05, 0.1) is 5.25 Å². The van der Waals surface area contributed by atoms with E-state index in [1.54, 1.807) is 30.6 Å². The van der Waals surface area contributed by atoms with Gasteiger partial charge in [0, 0.05) is 31.0 Å². The van der Waals surface area contributed by atoms with E-state index >= 15 is 0 Å². The van der Waals surface area contributed by atoms with Crippen LogP contribution in [0.1, 0.15) is 12.5 Å². The molecule has 28 heavy (non-hydrogen) atoms. The Hall–Kier alpha value is -3.00. The van der Waals surface area contributed by atoms with Gasteiger partial charge in [-0.1, -0.05) is 30.0 Å². The van der Waals surface area contributed by atoms with Gasteiger partial charge in [-0.3, -0.25) is 14.3 Å². The normalized spacial score (nSPS) is 11.8. The summed E-state index contributed by atoms with van der Waals surface area (Å²) in [6.45, 7) is 6.46. The van der Waals surface area contributed by atoms with Crippen molar-refractivity contribution in [1.29, 1.82) is 0 Å². The van der Waals surface area contributed by atoms with Crippen molar-refractivity contribution >= 4 is 17.7 Å². The van der Waals surface area contributed by atoms with Crippen molar-refractivity contribution in [3.8, 4) is 11.4 Å². The second-order valence-electron chi connectivity index (χ2n) is 6.05. The molecule has 0 unspecified atom stereocenters. The molecule has 0 bridgehead atoms. The molecule has 1 atom stereocenters. The quantitative estimate of drug-likeness (QED) is 0.465. The van der Waals surface area contributed by atoms with Gasteiger partial charge in [0.1, 0.15) is 5.82 Å². The molecule has 6 nitrogen and oxygen atoms in total. The molecule has 0 saturated heterocycles. The molecule has 1 aromatic carbocycles. The molecule has 3 rings (SSSR count). The molecule has 0 radical (unpaired) electrons. The summed E-state index contributed by atoms with van der Waals surface area (Å²) in [5.41, 5.74) is 1.73. The van der Waals surface area contributed by atoms with E-state index in [4.69, 9.17) is 0 Å². The van der Waals surface area contributed by atoms with Crippen LogP contribution in [-0.4, -0.2) is 30.9 Å². The number of nitrogens with one attached hydrogen (secondary N) is 1. The van der Waals surface area contributed by atoms with Crippen molar-refractivity contribution in [2.75, 3.05) is 0 Å². The molecule has 1 amide bonds. The lowest BCUT2D eigenvalue weighted by Crippen LogP contribution is -2.30. The number of nitrogens with zero attached hydrogens (tertiary/aromatic N) is 4. The van der Waals surface area contributed by atoms with E-state index < -0.39 is 0 Å². The van der Waals surface area contributed by atoms with Crippen LogP contribution < -0.4 is 5.32 Å². The summed E-state index contributed by atoms with van der Waals surface area (Å²) >= 11 is 1.33. The maximum Gasteiger partial charge on any atom is 0.233 e. The number of carbonyl (C=O) groups excluding carboxylic acids is 1. The lowest BCUT2D eigenvalue weighted by molar-refractivity contribution is -0.120. The van der Waals surface area contributed by atoms with Gasteiger partial charge in [-0.15, -0.1) is 16.8 Å². The largest absolute Gasteiger partial charge is 0.351 e. The predicted molar refractivity (Wildman–Crippen MR) is 107 cm³/mol. The Kier molecular flexibility index (Phi) is 6.54. The molecule has 1 N–H and O–H groups in total. The molecule has 0 fully saturated rings.